The number of anilines is 1. The number of carbonyl (C=O) groups excluding carboxylic acids is 2. The summed E-state index contributed by atoms with van der Waals surface area (Å²) < 4.78 is 5.82. The van der Waals surface area contributed by atoms with Crippen LogP contribution in [0.25, 0.3) is 10.2 Å². The second-order valence-corrected chi connectivity index (χ2v) is 7.43. The summed E-state index contributed by atoms with van der Waals surface area (Å²) in [5.74, 6) is -0.400. The van der Waals surface area contributed by atoms with Gasteiger partial charge in [-0.25, -0.2) is 14.6 Å². The lowest BCUT2D eigenvalue weighted by atomic mass is 10.2. The van der Waals surface area contributed by atoms with E-state index in [1.807, 2.05) is 23.1 Å². The Morgan fingerprint density at radius 3 is 2.70 bits per heavy atom. The molecule has 2 amide bonds. The SMILES string of the molecule is COC(=O)c1ccc(NC(=O)N2CCC[C@H]2c2nc3ccccc3s2)cc1. The first-order valence-electron chi connectivity index (χ1n) is 8.77. The first-order valence-corrected chi connectivity index (χ1v) is 9.59. The lowest BCUT2D eigenvalue weighted by Gasteiger charge is -2.23. The van der Waals surface area contributed by atoms with Crippen LogP contribution in [0.3, 0.4) is 0 Å². The van der Waals surface area contributed by atoms with Crippen LogP contribution in [0.2, 0.25) is 0 Å². The van der Waals surface area contributed by atoms with Crippen LogP contribution >= 0.6 is 11.3 Å². The number of carbonyl (C=O) groups is 2. The van der Waals surface area contributed by atoms with Gasteiger partial charge < -0.3 is 15.0 Å². The highest BCUT2D eigenvalue weighted by atomic mass is 32.1. The Labute approximate surface area is 160 Å². The highest BCUT2D eigenvalue weighted by Crippen LogP contribution is 2.36. The van der Waals surface area contributed by atoms with Crippen molar-refractivity contribution in [3.8, 4) is 0 Å². The predicted octanol–water partition coefficient (Wildman–Crippen LogP) is 4.45. The van der Waals surface area contributed by atoms with Gasteiger partial charge in [-0.15, -0.1) is 11.3 Å². The van der Waals surface area contributed by atoms with Crippen LogP contribution in [-0.2, 0) is 4.74 Å². The topological polar surface area (TPSA) is 71.5 Å². The van der Waals surface area contributed by atoms with E-state index in [9.17, 15) is 9.59 Å². The average molecular weight is 381 g/mol. The van der Waals surface area contributed by atoms with Crippen molar-refractivity contribution < 1.29 is 14.3 Å². The second kappa shape index (κ2) is 7.36. The average Bonchev–Trinajstić information content (AvgIpc) is 3.34. The number of hydrogen-bond acceptors (Lipinski definition) is 5. The summed E-state index contributed by atoms with van der Waals surface area (Å²) in [6.07, 6.45) is 1.86. The van der Waals surface area contributed by atoms with E-state index in [1.165, 1.54) is 7.11 Å². The van der Waals surface area contributed by atoms with E-state index in [-0.39, 0.29) is 12.1 Å². The van der Waals surface area contributed by atoms with Crippen molar-refractivity contribution in [1.29, 1.82) is 0 Å². The lowest BCUT2D eigenvalue weighted by Crippen LogP contribution is -2.34. The van der Waals surface area contributed by atoms with Gasteiger partial charge in [0.15, 0.2) is 0 Å². The normalized spacial score (nSPS) is 16.5. The number of ether oxygens (including phenoxy) is 1. The van der Waals surface area contributed by atoms with Gasteiger partial charge >= 0.3 is 12.0 Å². The first-order chi connectivity index (χ1) is 13.2. The van der Waals surface area contributed by atoms with Crippen LogP contribution in [-0.4, -0.2) is 35.5 Å². The number of nitrogens with one attached hydrogen (secondary N) is 1. The maximum absolute atomic E-state index is 12.8. The number of para-hydroxylation sites is 1. The third-order valence-corrected chi connectivity index (χ3v) is 5.80. The van der Waals surface area contributed by atoms with Gasteiger partial charge in [-0.1, -0.05) is 12.1 Å². The Morgan fingerprint density at radius 1 is 1.19 bits per heavy atom. The summed E-state index contributed by atoms with van der Waals surface area (Å²) in [7, 11) is 1.34. The molecule has 6 nitrogen and oxygen atoms in total. The number of urea groups is 1. The van der Waals surface area contributed by atoms with Gasteiger partial charge in [-0.2, -0.15) is 0 Å². The zero-order valence-electron chi connectivity index (χ0n) is 14.8. The minimum atomic E-state index is -0.400. The monoisotopic (exact) mass is 381 g/mol. The fraction of sp³-hybridized carbons (Fsp3) is 0.250. The number of hydrogen-bond donors (Lipinski definition) is 1. The Balaban J connectivity index is 1.49. The zero-order chi connectivity index (χ0) is 18.8. The van der Waals surface area contributed by atoms with Crippen LogP contribution in [0.4, 0.5) is 10.5 Å². The molecule has 2 heterocycles. The highest BCUT2D eigenvalue weighted by Gasteiger charge is 2.32. The van der Waals surface area contributed by atoms with Crippen LogP contribution in [0.1, 0.15) is 34.2 Å². The number of aromatic nitrogens is 1. The van der Waals surface area contributed by atoms with Crippen LogP contribution in [0.15, 0.2) is 48.5 Å². The predicted molar refractivity (Wildman–Crippen MR) is 105 cm³/mol. The zero-order valence-corrected chi connectivity index (χ0v) is 15.7. The minimum absolute atomic E-state index is 0.00302. The number of thiazole rings is 1. The molecule has 1 aliphatic rings. The molecule has 0 radical (unpaired) electrons. The van der Waals surface area contributed by atoms with Crippen LogP contribution in [0, 0.1) is 0 Å². The Bertz CT molecular complexity index is 951. The van der Waals surface area contributed by atoms with Gasteiger partial charge in [-0.05, 0) is 49.2 Å². The van der Waals surface area contributed by atoms with Crippen molar-refractivity contribution in [1.82, 2.24) is 9.88 Å². The van der Waals surface area contributed by atoms with Crippen LogP contribution in [0.5, 0.6) is 0 Å². The summed E-state index contributed by atoms with van der Waals surface area (Å²) in [5, 5.41) is 3.89. The second-order valence-electron chi connectivity index (χ2n) is 6.37. The van der Waals surface area contributed by atoms with Gasteiger partial charge in [0.1, 0.15) is 5.01 Å². The van der Waals surface area contributed by atoms with E-state index >= 15 is 0 Å². The number of amides is 2. The Morgan fingerprint density at radius 2 is 1.96 bits per heavy atom. The fourth-order valence-electron chi connectivity index (χ4n) is 3.30. The maximum Gasteiger partial charge on any atom is 0.337 e. The molecule has 1 fully saturated rings. The molecule has 1 N–H and O–H groups in total. The molecule has 0 bridgehead atoms. The van der Waals surface area contributed by atoms with Crippen molar-refractivity contribution >= 4 is 39.2 Å². The third-order valence-electron chi connectivity index (χ3n) is 4.67. The molecule has 1 atom stereocenters. The maximum atomic E-state index is 12.8. The van der Waals surface area contributed by atoms with Crippen molar-refractivity contribution in [2.24, 2.45) is 0 Å². The largest absolute Gasteiger partial charge is 0.465 e. The van der Waals surface area contributed by atoms with Crippen molar-refractivity contribution in [2.45, 2.75) is 18.9 Å². The lowest BCUT2D eigenvalue weighted by molar-refractivity contribution is 0.0600. The number of esters is 1. The third kappa shape index (κ3) is 3.50. The van der Waals surface area contributed by atoms with Gasteiger partial charge in [0.05, 0.1) is 28.9 Å². The Hall–Kier alpha value is -2.93. The van der Waals surface area contributed by atoms with Gasteiger partial charge in [0.25, 0.3) is 0 Å². The van der Waals surface area contributed by atoms with Crippen LogP contribution < -0.4 is 5.32 Å². The molecule has 0 spiro atoms. The molecule has 0 aliphatic carbocycles. The van der Waals surface area contributed by atoms with E-state index in [4.69, 9.17) is 4.98 Å². The summed E-state index contributed by atoms with van der Waals surface area (Å²) in [6.45, 7) is 0.701. The molecule has 27 heavy (non-hydrogen) atoms. The van der Waals surface area contributed by atoms with Crippen molar-refractivity contribution in [3.05, 3.63) is 59.1 Å². The molecule has 0 saturated carbocycles. The smallest absolute Gasteiger partial charge is 0.337 e. The summed E-state index contributed by atoms with van der Waals surface area (Å²) in [6, 6.07) is 14.5. The molecule has 4 rings (SSSR count). The standard InChI is InChI=1S/C20H19N3O3S/c1-26-19(24)13-8-10-14(11-9-13)21-20(25)23-12-4-6-16(23)18-22-15-5-2-3-7-17(15)27-18/h2-3,5,7-11,16H,4,6,12H2,1H3,(H,21,25)/t16-/m0/s1. The fourth-order valence-corrected chi connectivity index (χ4v) is 4.42. The molecular formula is C20H19N3O3S. The number of methoxy groups -OCH3 is 1. The van der Waals surface area contributed by atoms with E-state index in [2.05, 4.69) is 16.1 Å². The molecule has 1 saturated heterocycles. The quantitative estimate of drug-likeness (QED) is 0.680. The van der Waals surface area contributed by atoms with E-state index in [0.717, 1.165) is 28.1 Å². The highest BCUT2D eigenvalue weighted by molar-refractivity contribution is 7.18. The number of benzene rings is 2. The summed E-state index contributed by atoms with van der Waals surface area (Å²) in [5.41, 5.74) is 2.06. The summed E-state index contributed by atoms with van der Waals surface area (Å²) >= 11 is 1.65. The number of likely N-dealkylation sites (tertiary alicyclic amines) is 1. The molecular weight excluding hydrogens is 362 g/mol. The van der Waals surface area contributed by atoms with E-state index in [0.29, 0.717) is 17.8 Å². The minimum Gasteiger partial charge on any atom is -0.465 e. The van der Waals surface area contributed by atoms with E-state index < -0.39 is 5.97 Å². The molecule has 1 aliphatic heterocycles. The Kier molecular flexibility index (Phi) is 4.77. The summed E-state index contributed by atoms with van der Waals surface area (Å²) in [4.78, 5) is 30.9. The van der Waals surface area contributed by atoms with E-state index in [1.54, 1.807) is 35.6 Å². The number of nitrogens with zero attached hydrogens (tertiary/aromatic N) is 2. The number of rotatable bonds is 3. The van der Waals surface area contributed by atoms with Crippen molar-refractivity contribution in [3.63, 3.8) is 0 Å². The molecule has 138 valence electrons. The first kappa shape index (κ1) is 17.5. The van der Waals surface area contributed by atoms with Crippen molar-refractivity contribution in [2.75, 3.05) is 19.0 Å². The van der Waals surface area contributed by atoms with Gasteiger partial charge in [0, 0.05) is 12.2 Å². The molecule has 7 heteroatoms. The van der Waals surface area contributed by atoms with Gasteiger partial charge in [-0.3, -0.25) is 0 Å². The molecule has 1 aromatic heterocycles. The van der Waals surface area contributed by atoms with Gasteiger partial charge in [0.2, 0.25) is 0 Å². The number of fused-ring (bicyclic) bond motifs is 1. The molecule has 0 unspecified atom stereocenters. The molecule has 2 aromatic carbocycles. The molecule has 3 aromatic rings.